The van der Waals surface area contributed by atoms with Crippen LogP contribution in [0, 0.1) is 12.8 Å². The molecule has 1 aliphatic carbocycles. The van der Waals surface area contributed by atoms with E-state index in [1.807, 2.05) is 13.0 Å². The highest BCUT2D eigenvalue weighted by Crippen LogP contribution is 2.25. The summed E-state index contributed by atoms with van der Waals surface area (Å²) in [6, 6.07) is 2.60. The smallest absolute Gasteiger partial charge is 0.224 e. The van der Waals surface area contributed by atoms with Crippen molar-refractivity contribution in [3.8, 4) is 0 Å². The zero-order valence-electron chi connectivity index (χ0n) is 11.7. The van der Waals surface area contributed by atoms with Gasteiger partial charge in [0.1, 0.15) is 5.82 Å². The third-order valence-corrected chi connectivity index (χ3v) is 3.56. The average Bonchev–Trinajstić information content (AvgIpc) is 2.32. The molecule has 4 nitrogen and oxygen atoms in total. The summed E-state index contributed by atoms with van der Waals surface area (Å²) in [5.74, 6) is 2.56. The molecule has 18 heavy (non-hydrogen) atoms. The van der Waals surface area contributed by atoms with Crippen molar-refractivity contribution in [2.45, 2.75) is 52.5 Å². The van der Waals surface area contributed by atoms with Gasteiger partial charge in [0.15, 0.2) is 0 Å². The summed E-state index contributed by atoms with van der Waals surface area (Å²) in [6.45, 7) is 7.26. The van der Waals surface area contributed by atoms with Crippen molar-refractivity contribution < 1.29 is 0 Å². The molecule has 0 saturated heterocycles. The molecular weight excluding hydrogens is 224 g/mol. The van der Waals surface area contributed by atoms with Gasteiger partial charge in [-0.05, 0) is 45.4 Å². The first-order valence-electron chi connectivity index (χ1n) is 7.03. The molecule has 1 aliphatic rings. The summed E-state index contributed by atoms with van der Waals surface area (Å²) >= 11 is 0. The second-order valence-corrected chi connectivity index (χ2v) is 5.35. The lowest BCUT2D eigenvalue weighted by Crippen LogP contribution is -2.25. The van der Waals surface area contributed by atoms with Crippen LogP contribution in [0.3, 0.4) is 0 Å². The van der Waals surface area contributed by atoms with Crippen LogP contribution in [0.5, 0.6) is 0 Å². The molecule has 1 saturated carbocycles. The van der Waals surface area contributed by atoms with E-state index in [1.54, 1.807) is 0 Å². The normalized spacial score (nSPS) is 23.7. The summed E-state index contributed by atoms with van der Waals surface area (Å²) in [7, 11) is 0. The number of aryl methyl sites for hydroxylation is 1. The highest BCUT2D eigenvalue weighted by molar-refractivity contribution is 5.42. The maximum atomic E-state index is 4.50. The SMILES string of the molecule is CCNc1nc(C)cc(NC2CCC(C)CC2)n1. The van der Waals surface area contributed by atoms with Crippen molar-refractivity contribution in [3.05, 3.63) is 11.8 Å². The Balaban J connectivity index is 2.00. The Labute approximate surface area is 110 Å². The Morgan fingerprint density at radius 1 is 1.22 bits per heavy atom. The molecule has 0 atom stereocenters. The van der Waals surface area contributed by atoms with Crippen LogP contribution in [-0.2, 0) is 0 Å². The standard InChI is InChI=1S/C14H24N4/c1-4-15-14-16-11(3)9-13(18-14)17-12-7-5-10(2)6-8-12/h9-10,12H,4-8H2,1-3H3,(H2,15,16,17,18). The van der Waals surface area contributed by atoms with Gasteiger partial charge in [0.25, 0.3) is 0 Å². The van der Waals surface area contributed by atoms with E-state index in [0.717, 1.165) is 29.9 Å². The topological polar surface area (TPSA) is 49.8 Å². The van der Waals surface area contributed by atoms with Gasteiger partial charge in [-0.15, -0.1) is 0 Å². The number of hydrogen-bond acceptors (Lipinski definition) is 4. The first-order chi connectivity index (χ1) is 8.67. The minimum absolute atomic E-state index is 0.574. The number of nitrogens with zero attached hydrogens (tertiary/aromatic N) is 2. The van der Waals surface area contributed by atoms with Crippen LogP contribution in [0.15, 0.2) is 6.07 Å². The predicted molar refractivity (Wildman–Crippen MR) is 76.0 cm³/mol. The monoisotopic (exact) mass is 248 g/mol. The molecule has 0 radical (unpaired) electrons. The van der Waals surface area contributed by atoms with E-state index in [-0.39, 0.29) is 0 Å². The van der Waals surface area contributed by atoms with E-state index in [4.69, 9.17) is 0 Å². The third kappa shape index (κ3) is 3.59. The van der Waals surface area contributed by atoms with Crippen molar-refractivity contribution in [3.63, 3.8) is 0 Å². The summed E-state index contributed by atoms with van der Waals surface area (Å²) in [4.78, 5) is 8.87. The Hall–Kier alpha value is -1.32. The van der Waals surface area contributed by atoms with Crippen molar-refractivity contribution in [1.82, 2.24) is 9.97 Å². The average molecular weight is 248 g/mol. The van der Waals surface area contributed by atoms with Gasteiger partial charge in [0, 0.05) is 24.3 Å². The van der Waals surface area contributed by atoms with E-state index in [1.165, 1.54) is 25.7 Å². The lowest BCUT2D eigenvalue weighted by Gasteiger charge is -2.27. The Bertz CT molecular complexity index is 383. The van der Waals surface area contributed by atoms with E-state index in [2.05, 4.69) is 34.4 Å². The first-order valence-corrected chi connectivity index (χ1v) is 7.03. The fraction of sp³-hybridized carbons (Fsp3) is 0.714. The Kier molecular flexibility index (Phi) is 4.39. The second kappa shape index (κ2) is 6.03. The molecule has 0 aliphatic heterocycles. The van der Waals surface area contributed by atoms with Crippen molar-refractivity contribution >= 4 is 11.8 Å². The van der Waals surface area contributed by atoms with Crippen LogP contribution < -0.4 is 10.6 Å². The molecule has 100 valence electrons. The van der Waals surface area contributed by atoms with E-state index in [0.29, 0.717) is 6.04 Å². The molecule has 0 unspecified atom stereocenters. The van der Waals surface area contributed by atoms with E-state index >= 15 is 0 Å². The summed E-state index contributed by atoms with van der Waals surface area (Å²) in [6.07, 6.45) is 5.14. The Morgan fingerprint density at radius 3 is 2.61 bits per heavy atom. The fourth-order valence-electron chi connectivity index (χ4n) is 2.49. The molecule has 1 aromatic rings. The quantitative estimate of drug-likeness (QED) is 0.859. The molecule has 2 N–H and O–H groups in total. The van der Waals surface area contributed by atoms with E-state index < -0.39 is 0 Å². The molecular formula is C14H24N4. The van der Waals surface area contributed by atoms with Gasteiger partial charge in [0.2, 0.25) is 5.95 Å². The number of nitrogens with one attached hydrogen (secondary N) is 2. The first kappa shape index (κ1) is 13.1. The van der Waals surface area contributed by atoms with Crippen molar-refractivity contribution in [2.24, 2.45) is 5.92 Å². The fourth-order valence-corrected chi connectivity index (χ4v) is 2.49. The van der Waals surface area contributed by atoms with Gasteiger partial charge in [-0.1, -0.05) is 6.92 Å². The molecule has 0 spiro atoms. The van der Waals surface area contributed by atoms with Gasteiger partial charge < -0.3 is 10.6 Å². The summed E-state index contributed by atoms with van der Waals surface area (Å²) < 4.78 is 0. The minimum Gasteiger partial charge on any atom is -0.367 e. The summed E-state index contributed by atoms with van der Waals surface area (Å²) in [5, 5.41) is 6.72. The van der Waals surface area contributed by atoms with Crippen molar-refractivity contribution in [2.75, 3.05) is 17.2 Å². The van der Waals surface area contributed by atoms with Gasteiger partial charge in [-0.2, -0.15) is 4.98 Å². The number of hydrogen-bond donors (Lipinski definition) is 2. The molecule has 0 aromatic carbocycles. The second-order valence-electron chi connectivity index (χ2n) is 5.35. The van der Waals surface area contributed by atoms with Crippen LogP contribution >= 0.6 is 0 Å². The zero-order chi connectivity index (χ0) is 13.0. The molecule has 2 rings (SSSR count). The highest BCUT2D eigenvalue weighted by atomic mass is 15.1. The van der Waals surface area contributed by atoms with E-state index in [9.17, 15) is 0 Å². The zero-order valence-corrected chi connectivity index (χ0v) is 11.7. The minimum atomic E-state index is 0.574. The molecule has 1 aromatic heterocycles. The van der Waals surface area contributed by atoms with Crippen LogP contribution in [0.4, 0.5) is 11.8 Å². The molecule has 1 fully saturated rings. The van der Waals surface area contributed by atoms with Crippen LogP contribution in [0.1, 0.15) is 45.2 Å². The molecule has 4 heteroatoms. The Morgan fingerprint density at radius 2 is 1.94 bits per heavy atom. The van der Waals surface area contributed by atoms with Gasteiger partial charge in [-0.3, -0.25) is 0 Å². The number of rotatable bonds is 4. The lowest BCUT2D eigenvalue weighted by atomic mass is 9.87. The largest absolute Gasteiger partial charge is 0.367 e. The maximum Gasteiger partial charge on any atom is 0.224 e. The molecule has 0 bridgehead atoms. The predicted octanol–water partition coefficient (Wildman–Crippen LogP) is 3.21. The van der Waals surface area contributed by atoms with Gasteiger partial charge in [-0.25, -0.2) is 4.98 Å². The highest BCUT2D eigenvalue weighted by Gasteiger charge is 2.18. The van der Waals surface area contributed by atoms with Gasteiger partial charge in [0.05, 0.1) is 0 Å². The molecule has 0 amide bonds. The van der Waals surface area contributed by atoms with Crippen molar-refractivity contribution in [1.29, 1.82) is 0 Å². The van der Waals surface area contributed by atoms with Crippen LogP contribution in [0.25, 0.3) is 0 Å². The number of anilines is 2. The van der Waals surface area contributed by atoms with Gasteiger partial charge >= 0.3 is 0 Å². The third-order valence-electron chi connectivity index (χ3n) is 3.56. The van der Waals surface area contributed by atoms with Crippen LogP contribution in [0.2, 0.25) is 0 Å². The lowest BCUT2D eigenvalue weighted by molar-refractivity contribution is 0.361. The van der Waals surface area contributed by atoms with Crippen LogP contribution in [-0.4, -0.2) is 22.6 Å². The number of aromatic nitrogens is 2. The summed E-state index contributed by atoms with van der Waals surface area (Å²) in [5.41, 5.74) is 1.01. The maximum absolute atomic E-state index is 4.50. The molecule has 1 heterocycles.